The van der Waals surface area contributed by atoms with Crippen LogP contribution in [0.25, 0.3) is 0 Å². The molecule has 0 amide bonds. The Morgan fingerprint density at radius 1 is 1.60 bits per heavy atom. The third-order valence-corrected chi connectivity index (χ3v) is 2.14. The first-order valence-electron chi connectivity index (χ1n) is 4.31. The predicted molar refractivity (Wildman–Crippen MR) is 43.8 cm³/mol. The highest BCUT2D eigenvalue weighted by Gasteiger charge is 2.17. The molecule has 0 N–H and O–H groups in total. The molecule has 0 spiro atoms. The molecule has 0 aromatic carbocycles. The number of unbranched alkanes of at least 4 members (excludes halogenated alkanes) is 1. The van der Waals surface area contributed by atoms with E-state index in [9.17, 15) is 0 Å². The van der Waals surface area contributed by atoms with Crippen LogP contribution in [-0.2, 0) is 0 Å². The number of likely N-dealkylation sites (tertiary alicyclic amines) is 1. The lowest BCUT2D eigenvalue weighted by molar-refractivity contribution is 0.325. The molecule has 0 bridgehead atoms. The molecule has 0 aromatic rings. The van der Waals surface area contributed by atoms with Crippen LogP contribution in [0.15, 0.2) is 0 Å². The van der Waals surface area contributed by atoms with Gasteiger partial charge in [-0.15, -0.1) is 0 Å². The molecular formula is C9H17N. The lowest BCUT2D eigenvalue weighted by atomic mass is 10.2. The van der Waals surface area contributed by atoms with Gasteiger partial charge in [0.1, 0.15) is 0 Å². The molecule has 10 heavy (non-hydrogen) atoms. The maximum absolute atomic E-state index is 5.76. The number of hydrogen-bond donors (Lipinski definition) is 0. The quantitative estimate of drug-likeness (QED) is 0.576. The van der Waals surface area contributed by atoms with Crippen molar-refractivity contribution in [2.45, 2.75) is 26.2 Å². The van der Waals surface area contributed by atoms with Crippen LogP contribution >= 0.6 is 0 Å². The molecule has 1 heteroatoms. The van der Waals surface area contributed by atoms with Crippen molar-refractivity contribution in [1.29, 1.82) is 0 Å². The summed E-state index contributed by atoms with van der Waals surface area (Å²) in [5.74, 6) is 0.455. The molecule has 1 unspecified atom stereocenters. The summed E-state index contributed by atoms with van der Waals surface area (Å²) in [5.41, 5.74) is 0. The summed E-state index contributed by atoms with van der Waals surface area (Å²) in [6.07, 6.45) is 3.82. The highest BCUT2D eigenvalue weighted by molar-refractivity contribution is 4.76. The second kappa shape index (κ2) is 3.97. The summed E-state index contributed by atoms with van der Waals surface area (Å²) in [4.78, 5) is 2.47. The van der Waals surface area contributed by atoms with Crippen molar-refractivity contribution in [3.05, 3.63) is 6.92 Å². The van der Waals surface area contributed by atoms with Crippen LogP contribution in [0.1, 0.15) is 26.2 Å². The van der Waals surface area contributed by atoms with Crippen LogP contribution in [0.3, 0.4) is 0 Å². The van der Waals surface area contributed by atoms with Crippen LogP contribution in [0.4, 0.5) is 0 Å². The van der Waals surface area contributed by atoms with E-state index in [0.29, 0.717) is 5.92 Å². The number of rotatable bonds is 3. The second-order valence-electron chi connectivity index (χ2n) is 3.20. The van der Waals surface area contributed by atoms with E-state index < -0.39 is 0 Å². The molecule has 1 saturated heterocycles. The minimum Gasteiger partial charge on any atom is -0.303 e. The third kappa shape index (κ3) is 2.30. The molecule has 1 heterocycles. The van der Waals surface area contributed by atoms with Crippen molar-refractivity contribution in [2.24, 2.45) is 5.92 Å². The Morgan fingerprint density at radius 3 is 2.90 bits per heavy atom. The second-order valence-corrected chi connectivity index (χ2v) is 3.20. The number of nitrogens with zero attached hydrogens (tertiary/aromatic N) is 1. The van der Waals surface area contributed by atoms with E-state index in [1.165, 1.54) is 32.4 Å². The zero-order chi connectivity index (χ0) is 7.40. The largest absolute Gasteiger partial charge is 0.303 e. The molecule has 1 aliphatic heterocycles. The number of hydrogen-bond acceptors (Lipinski definition) is 1. The van der Waals surface area contributed by atoms with E-state index in [1.807, 2.05) is 0 Å². The summed E-state index contributed by atoms with van der Waals surface area (Å²) in [7, 11) is 0. The van der Waals surface area contributed by atoms with Gasteiger partial charge >= 0.3 is 0 Å². The first kappa shape index (κ1) is 8.06. The minimum atomic E-state index is 0.455. The van der Waals surface area contributed by atoms with Gasteiger partial charge < -0.3 is 4.90 Å². The van der Waals surface area contributed by atoms with Crippen molar-refractivity contribution < 1.29 is 0 Å². The molecule has 58 valence electrons. The van der Waals surface area contributed by atoms with Crippen molar-refractivity contribution in [3.8, 4) is 0 Å². The van der Waals surface area contributed by atoms with Gasteiger partial charge in [0.2, 0.25) is 0 Å². The maximum atomic E-state index is 5.76. The highest BCUT2D eigenvalue weighted by Crippen LogP contribution is 2.14. The lowest BCUT2D eigenvalue weighted by Crippen LogP contribution is -2.21. The third-order valence-electron chi connectivity index (χ3n) is 2.14. The van der Waals surface area contributed by atoms with Gasteiger partial charge in [-0.2, -0.15) is 0 Å². The van der Waals surface area contributed by atoms with Gasteiger partial charge in [0.25, 0.3) is 0 Å². The normalized spacial score (nSPS) is 27.6. The molecule has 1 fully saturated rings. The van der Waals surface area contributed by atoms with E-state index in [4.69, 9.17) is 6.92 Å². The SMILES string of the molecule is [CH]C1CCN(CCCC)C1. The Balaban J connectivity index is 2.06. The van der Waals surface area contributed by atoms with Crippen molar-refractivity contribution >= 4 is 0 Å². The molecule has 1 atom stereocenters. The maximum Gasteiger partial charge on any atom is 0.00130 e. The zero-order valence-corrected chi connectivity index (χ0v) is 6.84. The van der Waals surface area contributed by atoms with Gasteiger partial charge in [-0.1, -0.05) is 13.3 Å². The van der Waals surface area contributed by atoms with Gasteiger partial charge in [0, 0.05) is 6.54 Å². The summed E-state index contributed by atoms with van der Waals surface area (Å²) >= 11 is 0. The van der Waals surface area contributed by atoms with Crippen molar-refractivity contribution in [1.82, 2.24) is 4.90 Å². The summed E-state index contributed by atoms with van der Waals surface area (Å²) in [6, 6.07) is 0. The fraction of sp³-hybridized carbons (Fsp3) is 0.889. The molecule has 2 radical (unpaired) electrons. The van der Waals surface area contributed by atoms with Crippen LogP contribution in [-0.4, -0.2) is 24.5 Å². The average molecular weight is 139 g/mol. The molecule has 1 rings (SSSR count). The van der Waals surface area contributed by atoms with Crippen molar-refractivity contribution in [2.75, 3.05) is 19.6 Å². The summed E-state index contributed by atoms with van der Waals surface area (Å²) in [6.45, 7) is 11.6. The highest BCUT2D eigenvalue weighted by atomic mass is 15.1. The first-order valence-corrected chi connectivity index (χ1v) is 4.31. The Kier molecular flexibility index (Phi) is 3.20. The molecule has 0 aromatic heterocycles. The van der Waals surface area contributed by atoms with Crippen LogP contribution < -0.4 is 0 Å². The van der Waals surface area contributed by atoms with E-state index in [2.05, 4.69) is 11.8 Å². The van der Waals surface area contributed by atoms with Gasteiger partial charge in [-0.25, -0.2) is 0 Å². The van der Waals surface area contributed by atoms with E-state index in [-0.39, 0.29) is 0 Å². The Hall–Kier alpha value is -0.0400. The van der Waals surface area contributed by atoms with Gasteiger partial charge in [0.05, 0.1) is 0 Å². The Bertz CT molecular complexity index is 90.7. The van der Waals surface area contributed by atoms with Crippen LogP contribution in [0.5, 0.6) is 0 Å². The molecular weight excluding hydrogens is 122 g/mol. The fourth-order valence-corrected chi connectivity index (χ4v) is 1.45. The first-order chi connectivity index (χ1) is 4.83. The summed E-state index contributed by atoms with van der Waals surface area (Å²) in [5, 5.41) is 0. The Morgan fingerprint density at radius 2 is 2.40 bits per heavy atom. The van der Waals surface area contributed by atoms with Gasteiger partial charge in [-0.3, -0.25) is 0 Å². The minimum absolute atomic E-state index is 0.455. The Labute approximate surface area is 64.4 Å². The standard InChI is InChI=1S/C9H17N/c1-3-4-6-10-7-5-9(2)8-10/h2,9H,3-8H2,1H3. The van der Waals surface area contributed by atoms with Crippen LogP contribution in [0.2, 0.25) is 0 Å². The smallest absolute Gasteiger partial charge is 0.00130 e. The molecule has 0 saturated carbocycles. The molecule has 1 aliphatic rings. The fourth-order valence-electron chi connectivity index (χ4n) is 1.45. The van der Waals surface area contributed by atoms with Crippen LogP contribution in [0, 0.1) is 12.8 Å². The zero-order valence-electron chi connectivity index (χ0n) is 6.84. The lowest BCUT2D eigenvalue weighted by Gasteiger charge is -2.13. The van der Waals surface area contributed by atoms with E-state index in [0.717, 1.165) is 6.54 Å². The van der Waals surface area contributed by atoms with Crippen molar-refractivity contribution in [3.63, 3.8) is 0 Å². The van der Waals surface area contributed by atoms with E-state index in [1.54, 1.807) is 0 Å². The molecule has 1 nitrogen and oxygen atoms in total. The van der Waals surface area contributed by atoms with Gasteiger partial charge in [0.15, 0.2) is 0 Å². The average Bonchev–Trinajstić information content (AvgIpc) is 2.31. The molecule has 0 aliphatic carbocycles. The topological polar surface area (TPSA) is 3.24 Å². The monoisotopic (exact) mass is 139 g/mol. The predicted octanol–water partition coefficient (Wildman–Crippen LogP) is 1.82. The van der Waals surface area contributed by atoms with E-state index >= 15 is 0 Å². The van der Waals surface area contributed by atoms with Gasteiger partial charge in [-0.05, 0) is 38.8 Å². The summed E-state index contributed by atoms with van der Waals surface area (Å²) < 4.78 is 0.